The molecule has 12 heavy (non-hydrogen) atoms. The van der Waals surface area contributed by atoms with Gasteiger partial charge < -0.3 is 20.1 Å². The molecular formula is C8H14O4. The monoisotopic (exact) mass is 174 g/mol. The van der Waals surface area contributed by atoms with E-state index in [0.717, 1.165) is 0 Å². The van der Waals surface area contributed by atoms with Gasteiger partial charge in [0.15, 0.2) is 0 Å². The first-order chi connectivity index (χ1) is 5.69. The molecular weight excluding hydrogens is 160 g/mol. The predicted octanol–water partition coefficient (Wildman–Crippen LogP) is -0.607. The van der Waals surface area contributed by atoms with Crippen LogP contribution in [0.4, 0.5) is 0 Å². The van der Waals surface area contributed by atoms with Crippen molar-refractivity contribution in [1.82, 2.24) is 0 Å². The Hall–Kier alpha value is -0.580. The van der Waals surface area contributed by atoms with Crippen LogP contribution in [0.3, 0.4) is 0 Å². The second-order valence-electron chi connectivity index (χ2n) is 2.81. The molecule has 0 bridgehead atoms. The fourth-order valence-electron chi connectivity index (χ4n) is 1.16. The quantitative estimate of drug-likeness (QED) is 0.522. The van der Waals surface area contributed by atoms with Gasteiger partial charge in [0.05, 0.1) is 12.4 Å². The molecule has 1 rings (SSSR count). The molecule has 70 valence electrons. The Labute approximate surface area is 71.1 Å². The second-order valence-corrected chi connectivity index (χ2v) is 2.81. The summed E-state index contributed by atoms with van der Waals surface area (Å²) in [5.74, 6) is 0.617. The van der Waals surface area contributed by atoms with E-state index in [1.54, 1.807) is 0 Å². The first kappa shape index (κ1) is 9.51. The van der Waals surface area contributed by atoms with Crippen LogP contribution in [0.2, 0.25) is 0 Å². The summed E-state index contributed by atoms with van der Waals surface area (Å²) < 4.78 is 5.17. The smallest absolute Gasteiger partial charge is 0.150 e. The number of hydrogen-bond donors (Lipinski definition) is 3. The number of allylic oxidation sites excluding steroid dienone is 1. The van der Waals surface area contributed by atoms with E-state index in [2.05, 4.69) is 0 Å². The third-order valence-electron chi connectivity index (χ3n) is 1.92. The van der Waals surface area contributed by atoms with Gasteiger partial charge in [-0.25, -0.2) is 0 Å². The van der Waals surface area contributed by atoms with Crippen molar-refractivity contribution < 1.29 is 20.1 Å². The highest BCUT2D eigenvalue weighted by atomic mass is 16.5. The van der Waals surface area contributed by atoms with E-state index in [0.29, 0.717) is 12.2 Å². The van der Waals surface area contributed by atoms with Gasteiger partial charge in [0.1, 0.15) is 18.3 Å². The molecule has 0 radical (unpaired) electrons. The average molecular weight is 174 g/mol. The van der Waals surface area contributed by atoms with E-state index < -0.39 is 18.3 Å². The summed E-state index contributed by atoms with van der Waals surface area (Å²) in [5, 5.41) is 27.3. The molecule has 3 N–H and O–H groups in total. The van der Waals surface area contributed by atoms with Gasteiger partial charge in [-0.15, -0.1) is 0 Å². The predicted molar refractivity (Wildman–Crippen MR) is 42.3 cm³/mol. The zero-order valence-corrected chi connectivity index (χ0v) is 6.97. The summed E-state index contributed by atoms with van der Waals surface area (Å²) in [6.07, 6.45) is -0.520. The van der Waals surface area contributed by atoms with Crippen LogP contribution in [-0.4, -0.2) is 40.2 Å². The van der Waals surface area contributed by atoms with Crippen LogP contribution in [0.15, 0.2) is 11.8 Å². The summed E-state index contributed by atoms with van der Waals surface area (Å²) in [6.45, 7) is 1.60. The number of rotatable bonds is 2. The standard InChI is InChI=1S/C8H14O4/c1-2-5-3-6(10)8(11)7(4-9)12-5/h3,6-11H,2,4H2,1H3/t6-,7-,8-/m1/s1. The molecule has 0 aromatic carbocycles. The summed E-state index contributed by atoms with van der Waals surface area (Å²) in [6, 6.07) is 0. The van der Waals surface area contributed by atoms with Gasteiger partial charge in [-0.2, -0.15) is 0 Å². The molecule has 1 aliphatic rings. The zero-order valence-electron chi connectivity index (χ0n) is 6.97. The Morgan fingerprint density at radius 2 is 2.17 bits per heavy atom. The van der Waals surface area contributed by atoms with Gasteiger partial charge in [-0.3, -0.25) is 0 Å². The van der Waals surface area contributed by atoms with Crippen molar-refractivity contribution in [3.63, 3.8) is 0 Å². The minimum absolute atomic E-state index is 0.282. The van der Waals surface area contributed by atoms with Crippen molar-refractivity contribution in [2.75, 3.05) is 6.61 Å². The molecule has 4 heteroatoms. The molecule has 0 aromatic heterocycles. The molecule has 1 heterocycles. The highest BCUT2D eigenvalue weighted by molar-refractivity contribution is 5.06. The van der Waals surface area contributed by atoms with Crippen LogP contribution < -0.4 is 0 Å². The van der Waals surface area contributed by atoms with Crippen LogP contribution in [0.5, 0.6) is 0 Å². The summed E-state index contributed by atoms with van der Waals surface area (Å²) in [7, 11) is 0. The first-order valence-corrected chi connectivity index (χ1v) is 4.03. The van der Waals surface area contributed by atoms with E-state index in [1.165, 1.54) is 6.08 Å². The van der Waals surface area contributed by atoms with E-state index >= 15 is 0 Å². The molecule has 0 amide bonds. The topological polar surface area (TPSA) is 69.9 Å². The van der Waals surface area contributed by atoms with Gasteiger partial charge in [0, 0.05) is 6.42 Å². The third kappa shape index (κ3) is 1.77. The number of hydrogen-bond acceptors (Lipinski definition) is 4. The van der Waals surface area contributed by atoms with Gasteiger partial charge >= 0.3 is 0 Å². The molecule has 0 saturated heterocycles. The minimum Gasteiger partial charge on any atom is -0.490 e. The van der Waals surface area contributed by atoms with Gasteiger partial charge in [-0.1, -0.05) is 6.92 Å². The van der Waals surface area contributed by atoms with E-state index in [1.807, 2.05) is 6.92 Å². The fraction of sp³-hybridized carbons (Fsp3) is 0.750. The van der Waals surface area contributed by atoms with E-state index in [9.17, 15) is 10.2 Å². The highest BCUT2D eigenvalue weighted by Gasteiger charge is 2.30. The lowest BCUT2D eigenvalue weighted by molar-refractivity contribution is -0.0922. The molecule has 4 nitrogen and oxygen atoms in total. The lowest BCUT2D eigenvalue weighted by Gasteiger charge is -2.30. The van der Waals surface area contributed by atoms with Gasteiger partial charge in [0.2, 0.25) is 0 Å². The van der Waals surface area contributed by atoms with E-state index in [4.69, 9.17) is 9.84 Å². The zero-order chi connectivity index (χ0) is 9.14. The van der Waals surface area contributed by atoms with Gasteiger partial charge in [0.25, 0.3) is 0 Å². The van der Waals surface area contributed by atoms with Crippen LogP contribution >= 0.6 is 0 Å². The number of ether oxygens (including phenoxy) is 1. The normalized spacial score (nSPS) is 35.7. The Bertz CT molecular complexity index is 178. The lowest BCUT2D eigenvalue weighted by atomic mass is 10.0. The average Bonchev–Trinajstić information content (AvgIpc) is 2.09. The minimum atomic E-state index is -1.02. The van der Waals surface area contributed by atoms with Crippen molar-refractivity contribution in [1.29, 1.82) is 0 Å². The van der Waals surface area contributed by atoms with Crippen LogP contribution in [0.25, 0.3) is 0 Å². The summed E-state index contributed by atoms with van der Waals surface area (Å²) >= 11 is 0. The molecule has 0 unspecified atom stereocenters. The molecule has 0 saturated carbocycles. The van der Waals surface area contributed by atoms with Gasteiger partial charge in [-0.05, 0) is 6.08 Å². The van der Waals surface area contributed by atoms with Crippen molar-refractivity contribution in [3.05, 3.63) is 11.8 Å². The maximum Gasteiger partial charge on any atom is 0.150 e. The molecule has 0 fully saturated rings. The Morgan fingerprint density at radius 1 is 1.50 bits per heavy atom. The first-order valence-electron chi connectivity index (χ1n) is 4.03. The summed E-state index contributed by atoms with van der Waals surface area (Å²) in [5.41, 5.74) is 0. The molecule has 3 atom stereocenters. The van der Waals surface area contributed by atoms with Crippen molar-refractivity contribution in [2.45, 2.75) is 31.7 Å². The lowest BCUT2D eigenvalue weighted by Crippen LogP contribution is -2.43. The maximum absolute atomic E-state index is 9.27. The highest BCUT2D eigenvalue weighted by Crippen LogP contribution is 2.19. The maximum atomic E-state index is 9.27. The number of aliphatic hydroxyl groups excluding tert-OH is 3. The van der Waals surface area contributed by atoms with Crippen molar-refractivity contribution in [2.24, 2.45) is 0 Å². The Morgan fingerprint density at radius 3 is 2.67 bits per heavy atom. The molecule has 0 aliphatic carbocycles. The van der Waals surface area contributed by atoms with Crippen molar-refractivity contribution in [3.8, 4) is 0 Å². The second kappa shape index (κ2) is 3.89. The van der Waals surface area contributed by atoms with Crippen molar-refractivity contribution >= 4 is 0 Å². The van der Waals surface area contributed by atoms with Crippen LogP contribution in [0.1, 0.15) is 13.3 Å². The third-order valence-corrected chi connectivity index (χ3v) is 1.92. The largest absolute Gasteiger partial charge is 0.490 e. The molecule has 1 aliphatic heterocycles. The van der Waals surface area contributed by atoms with Crippen LogP contribution in [-0.2, 0) is 4.74 Å². The molecule has 0 aromatic rings. The summed E-state index contributed by atoms with van der Waals surface area (Å²) in [4.78, 5) is 0. The SMILES string of the molecule is CCC1=C[C@@H](O)[C@@H](O)[C@@H](CO)O1. The Balaban J connectivity index is 2.68. The fourth-order valence-corrected chi connectivity index (χ4v) is 1.16. The van der Waals surface area contributed by atoms with Crippen LogP contribution in [0, 0.1) is 0 Å². The van der Waals surface area contributed by atoms with E-state index in [-0.39, 0.29) is 6.61 Å². The number of aliphatic hydroxyl groups is 3. The Kier molecular flexibility index (Phi) is 3.08. The molecule has 0 spiro atoms.